The molecule has 1 unspecified atom stereocenters. The van der Waals surface area contributed by atoms with Crippen LogP contribution in [0.1, 0.15) is 17.2 Å². The van der Waals surface area contributed by atoms with E-state index in [9.17, 15) is 15.0 Å². The lowest BCUT2D eigenvalue weighted by molar-refractivity contribution is 0.0817. The van der Waals surface area contributed by atoms with Crippen molar-refractivity contribution < 1.29 is 20.1 Å². The zero-order chi connectivity index (χ0) is 11.0. The molecule has 2 rings (SSSR count). The molecule has 0 aromatic heterocycles. The molecule has 5 nitrogen and oxygen atoms in total. The van der Waals surface area contributed by atoms with Gasteiger partial charge in [-0.2, -0.15) is 0 Å². The van der Waals surface area contributed by atoms with Crippen molar-refractivity contribution in [2.75, 3.05) is 6.54 Å². The molecular weight excluding hydrogens is 198 g/mol. The van der Waals surface area contributed by atoms with Gasteiger partial charge in [-0.05, 0) is 23.3 Å². The first kappa shape index (κ1) is 9.79. The molecule has 0 saturated carbocycles. The minimum Gasteiger partial charge on any atom is -0.508 e. The number of benzene rings is 1. The average molecular weight is 209 g/mol. The largest absolute Gasteiger partial charge is 0.508 e. The number of phenols is 1. The first-order valence-electron chi connectivity index (χ1n) is 4.55. The van der Waals surface area contributed by atoms with E-state index in [1.807, 2.05) is 0 Å². The van der Waals surface area contributed by atoms with E-state index >= 15 is 0 Å². The lowest BCUT2D eigenvalue weighted by atomic mass is 9.97. The Morgan fingerprint density at radius 2 is 2.20 bits per heavy atom. The Morgan fingerprint density at radius 1 is 1.47 bits per heavy atom. The number of phenolic OH excluding ortho intramolecular Hbond substituents is 1. The van der Waals surface area contributed by atoms with Crippen molar-refractivity contribution in [1.29, 1.82) is 0 Å². The van der Waals surface area contributed by atoms with Crippen LogP contribution in [0.5, 0.6) is 5.75 Å². The quantitative estimate of drug-likeness (QED) is 0.593. The van der Waals surface area contributed by atoms with E-state index in [0.29, 0.717) is 5.56 Å². The van der Waals surface area contributed by atoms with Gasteiger partial charge in [0.15, 0.2) is 0 Å². The van der Waals surface area contributed by atoms with Crippen LogP contribution in [-0.2, 0) is 6.54 Å². The van der Waals surface area contributed by atoms with Gasteiger partial charge >= 0.3 is 6.09 Å². The summed E-state index contributed by atoms with van der Waals surface area (Å²) in [6, 6.07) is 4.58. The van der Waals surface area contributed by atoms with Crippen molar-refractivity contribution in [2.24, 2.45) is 0 Å². The Labute approximate surface area is 86.2 Å². The summed E-state index contributed by atoms with van der Waals surface area (Å²) in [5.74, 6) is 0.0802. The van der Waals surface area contributed by atoms with Gasteiger partial charge in [-0.15, -0.1) is 0 Å². The van der Waals surface area contributed by atoms with Gasteiger partial charge in [0.05, 0.1) is 12.6 Å². The standard InChI is InChI=1S/C10H11NO4/c12-7-2-1-6-4-11(10(14)15)5-9(13)8(6)3-7/h1-3,9,12-13H,4-5H2,(H,14,15). The number of carbonyl (C=O) groups is 1. The highest BCUT2D eigenvalue weighted by Gasteiger charge is 2.26. The molecule has 15 heavy (non-hydrogen) atoms. The second-order valence-electron chi connectivity index (χ2n) is 3.56. The van der Waals surface area contributed by atoms with Gasteiger partial charge in [-0.3, -0.25) is 0 Å². The summed E-state index contributed by atoms with van der Waals surface area (Å²) in [5, 5.41) is 27.7. The van der Waals surface area contributed by atoms with Gasteiger partial charge in [0, 0.05) is 6.54 Å². The SMILES string of the molecule is O=C(O)N1Cc2ccc(O)cc2C(O)C1. The number of hydrogen-bond donors (Lipinski definition) is 3. The predicted octanol–water partition coefficient (Wildman–Crippen LogP) is 0.919. The van der Waals surface area contributed by atoms with Gasteiger partial charge in [-0.25, -0.2) is 4.79 Å². The molecule has 0 bridgehead atoms. The first-order chi connectivity index (χ1) is 7.08. The molecule has 1 heterocycles. The molecule has 0 aliphatic carbocycles. The molecule has 3 N–H and O–H groups in total. The Hall–Kier alpha value is -1.75. The highest BCUT2D eigenvalue weighted by Crippen LogP contribution is 2.29. The maximum atomic E-state index is 10.7. The number of rotatable bonds is 0. The lowest BCUT2D eigenvalue weighted by Crippen LogP contribution is -2.37. The van der Waals surface area contributed by atoms with Crippen LogP contribution < -0.4 is 0 Å². The molecule has 1 atom stereocenters. The van der Waals surface area contributed by atoms with Crippen molar-refractivity contribution in [3.63, 3.8) is 0 Å². The second-order valence-corrected chi connectivity index (χ2v) is 3.56. The molecule has 0 radical (unpaired) electrons. The minimum atomic E-state index is -1.05. The van der Waals surface area contributed by atoms with E-state index in [4.69, 9.17) is 5.11 Å². The molecule has 5 heteroatoms. The molecule has 0 spiro atoms. The van der Waals surface area contributed by atoms with Gasteiger partial charge in [0.1, 0.15) is 5.75 Å². The highest BCUT2D eigenvalue weighted by molar-refractivity contribution is 5.65. The third-order valence-corrected chi connectivity index (χ3v) is 2.51. The molecule has 1 aromatic rings. The normalized spacial score (nSPS) is 19.8. The fraction of sp³-hybridized carbons (Fsp3) is 0.300. The fourth-order valence-electron chi connectivity index (χ4n) is 1.76. The van der Waals surface area contributed by atoms with Crippen LogP contribution in [0.3, 0.4) is 0 Å². The van der Waals surface area contributed by atoms with Crippen LogP contribution in [0.25, 0.3) is 0 Å². The Kier molecular flexibility index (Phi) is 2.24. The van der Waals surface area contributed by atoms with Crippen LogP contribution in [0, 0.1) is 0 Å². The van der Waals surface area contributed by atoms with Crippen LogP contribution in [0.2, 0.25) is 0 Å². The summed E-state index contributed by atoms with van der Waals surface area (Å²) in [4.78, 5) is 11.9. The monoisotopic (exact) mass is 209 g/mol. The molecule has 1 aliphatic heterocycles. The number of hydrogen-bond acceptors (Lipinski definition) is 3. The Balaban J connectivity index is 2.36. The maximum Gasteiger partial charge on any atom is 0.407 e. The van der Waals surface area contributed by atoms with Crippen LogP contribution in [0.15, 0.2) is 18.2 Å². The zero-order valence-electron chi connectivity index (χ0n) is 7.92. The van der Waals surface area contributed by atoms with E-state index in [2.05, 4.69) is 0 Å². The molecular formula is C10H11NO4. The average Bonchev–Trinajstić information content (AvgIpc) is 2.18. The smallest absolute Gasteiger partial charge is 0.407 e. The van der Waals surface area contributed by atoms with Crippen LogP contribution in [-0.4, -0.2) is 32.9 Å². The lowest BCUT2D eigenvalue weighted by Gasteiger charge is -2.30. The molecule has 0 fully saturated rings. The van der Waals surface area contributed by atoms with Gasteiger partial charge in [-0.1, -0.05) is 6.07 Å². The molecule has 1 amide bonds. The van der Waals surface area contributed by atoms with Gasteiger partial charge in [0.2, 0.25) is 0 Å². The summed E-state index contributed by atoms with van der Waals surface area (Å²) in [6.45, 7) is 0.299. The highest BCUT2D eigenvalue weighted by atomic mass is 16.4. The van der Waals surface area contributed by atoms with Gasteiger partial charge < -0.3 is 20.2 Å². The van der Waals surface area contributed by atoms with Crippen molar-refractivity contribution in [1.82, 2.24) is 4.90 Å². The number of carboxylic acid groups (broad SMARTS) is 1. The number of aromatic hydroxyl groups is 1. The third-order valence-electron chi connectivity index (χ3n) is 2.51. The van der Waals surface area contributed by atoms with Crippen molar-refractivity contribution in [2.45, 2.75) is 12.6 Å². The predicted molar refractivity (Wildman–Crippen MR) is 51.5 cm³/mol. The molecule has 0 saturated heterocycles. The Bertz CT molecular complexity index is 404. The third kappa shape index (κ3) is 1.73. The summed E-state index contributed by atoms with van der Waals surface area (Å²) in [6.07, 6.45) is -1.91. The number of β-amino-alcohol motifs (C(OH)–C–C–N with tert-alkyl or cyclic N) is 1. The fourth-order valence-corrected chi connectivity index (χ4v) is 1.76. The van der Waals surface area contributed by atoms with Crippen molar-refractivity contribution in [3.8, 4) is 5.75 Å². The summed E-state index contributed by atoms with van der Waals surface area (Å²) < 4.78 is 0. The summed E-state index contributed by atoms with van der Waals surface area (Å²) in [7, 11) is 0. The van der Waals surface area contributed by atoms with Gasteiger partial charge in [0.25, 0.3) is 0 Å². The minimum absolute atomic E-state index is 0.0474. The molecule has 80 valence electrons. The second kappa shape index (κ2) is 3.43. The van der Waals surface area contributed by atoms with E-state index < -0.39 is 12.2 Å². The Morgan fingerprint density at radius 3 is 2.87 bits per heavy atom. The van der Waals surface area contributed by atoms with Crippen molar-refractivity contribution >= 4 is 6.09 Å². The number of fused-ring (bicyclic) bond motifs is 1. The number of nitrogens with zero attached hydrogens (tertiary/aromatic N) is 1. The molecule has 1 aromatic carbocycles. The maximum absolute atomic E-state index is 10.7. The van der Waals surface area contributed by atoms with E-state index in [0.717, 1.165) is 10.5 Å². The number of aliphatic hydroxyl groups is 1. The number of aliphatic hydroxyl groups excluding tert-OH is 1. The van der Waals surface area contributed by atoms with Crippen LogP contribution >= 0.6 is 0 Å². The van der Waals surface area contributed by atoms with Crippen molar-refractivity contribution in [3.05, 3.63) is 29.3 Å². The topological polar surface area (TPSA) is 81.0 Å². The van der Waals surface area contributed by atoms with E-state index in [1.165, 1.54) is 12.1 Å². The first-order valence-corrected chi connectivity index (χ1v) is 4.55. The van der Waals surface area contributed by atoms with Crippen LogP contribution in [0.4, 0.5) is 4.79 Å². The van der Waals surface area contributed by atoms with E-state index in [1.54, 1.807) is 6.07 Å². The number of amides is 1. The summed E-state index contributed by atoms with van der Waals surface area (Å²) in [5.41, 5.74) is 1.33. The molecule has 1 aliphatic rings. The van der Waals surface area contributed by atoms with E-state index in [-0.39, 0.29) is 18.8 Å². The zero-order valence-corrected chi connectivity index (χ0v) is 7.92. The summed E-state index contributed by atoms with van der Waals surface area (Å²) >= 11 is 0.